The van der Waals surface area contributed by atoms with Crippen molar-refractivity contribution in [1.29, 1.82) is 0 Å². The Morgan fingerprint density at radius 3 is 2.76 bits per heavy atom. The maximum atomic E-state index is 11.6. The van der Waals surface area contributed by atoms with Gasteiger partial charge in [-0.3, -0.25) is 9.69 Å². The number of rotatable bonds is 8. The molecule has 0 radical (unpaired) electrons. The summed E-state index contributed by atoms with van der Waals surface area (Å²) < 4.78 is 5.54. The van der Waals surface area contributed by atoms with E-state index in [-0.39, 0.29) is 25.1 Å². The summed E-state index contributed by atoms with van der Waals surface area (Å²) in [5.41, 5.74) is 1.12. The zero-order valence-corrected chi connectivity index (χ0v) is 13.3. The van der Waals surface area contributed by atoms with Gasteiger partial charge < -0.3 is 15.2 Å². The molecule has 2 N–H and O–H groups in total. The number of hydrogen-bond donors (Lipinski definition) is 2. The van der Waals surface area contributed by atoms with Crippen LogP contribution in [0.4, 0.5) is 0 Å². The van der Waals surface area contributed by atoms with Crippen molar-refractivity contribution in [2.24, 2.45) is 0 Å². The van der Waals surface area contributed by atoms with E-state index in [1.807, 2.05) is 45.0 Å². The van der Waals surface area contributed by atoms with Crippen LogP contribution in [0.3, 0.4) is 0 Å². The van der Waals surface area contributed by atoms with Gasteiger partial charge in [-0.25, -0.2) is 0 Å². The van der Waals surface area contributed by atoms with Crippen LogP contribution >= 0.6 is 0 Å². The van der Waals surface area contributed by atoms with Gasteiger partial charge in [-0.15, -0.1) is 0 Å². The largest absolute Gasteiger partial charge is 0.491 e. The van der Waals surface area contributed by atoms with E-state index in [0.29, 0.717) is 6.54 Å². The minimum Gasteiger partial charge on any atom is -0.491 e. The first-order valence-corrected chi connectivity index (χ1v) is 7.22. The van der Waals surface area contributed by atoms with Crippen molar-refractivity contribution in [1.82, 2.24) is 10.2 Å². The molecule has 0 aliphatic heterocycles. The maximum absolute atomic E-state index is 11.6. The van der Waals surface area contributed by atoms with Crippen LogP contribution in [-0.2, 0) is 4.79 Å². The minimum atomic E-state index is -0.637. The summed E-state index contributed by atoms with van der Waals surface area (Å²) in [6.45, 7) is 6.69. The normalized spacial score (nSPS) is 12.5. The van der Waals surface area contributed by atoms with Crippen molar-refractivity contribution >= 4 is 5.91 Å². The number of ether oxygens (including phenoxy) is 1. The lowest BCUT2D eigenvalue weighted by Gasteiger charge is -2.21. The number of hydrogen-bond acceptors (Lipinski definition) is 4. The van der Waals surface area contributed by atoms with Gasteiger partial charge in [0.25, 0.3) is 0 Å². The molecule has 0 saturated carbocycles. The van der Waals surface area contributed by atoms with Crippen molar-refractivity contribution in [3.8, 4) is 5.75 Å². The average Bonchev–Trinajstić information content (AvgIpc) is 2.35. The molecule has 1 amide bonds. The molecule has 0 saturated heterocycles. The molecule has 0 heterocycles. The lowest BCUT2D eigenvalue weighted by Crippen LogP contribution is -2.42. The standard InChI is InChI=1S/C16H26N2O3/c1-12(2)17-16(20)10-18(4)9-14(19)11-21-15-7-5-6-13(3)8-15/h5-8,12,14,19H,9-11H2,1-4H3,(H,17,20)/t14-/m1/s1. The second-order valence-corrected chi connectivity index (χ2v) is 5.70. The van der Waals surface area contributed by atoms with Crippen LogP contribution in [0.5, 0.6) is 5.75 Å². The molecular weight excluding hydrogens is 268 g/mol. The number of carbonyl (C=O) groups is 1. The van der Waals surface area contributed by atoms with Gasteiger partial charge in [-0.05, 0) is 45.5 Å². The fraction of sp³-hybridized carbons (Fsp3) is 0.562. The molecule has 0 aliphatic carbocycles. The van der Waals surface area contributed by atoms with Crippen molar-refractivity contribution in [3.63, 3.8) is 0 Å². The first kappa shape index (κ1) is 17.5. The van der Waals surface area contributed by atoms with Crippen LogP contribution in [0, 0.1) is 6.92 Å². The van der Waals surface area contributed by atoms with Crippen LogP contribution in [0.25, 0.3) is 0 Å². The molecule has 5 heteroatoms. The van der Waals surface area contributed by atoms with Crippen molar-refractivity contribution < 1.29 is 14.6 Å². The topological polar surface area (TPSA) is 61.8 Å². The van der Waals surface area contributed by atoms with Crippen molar-refractivity contribution in [2.45, 2.75) is 32.9 Å². The second kappa shape index (κ2) is 8.64. The first-order valence-electron chi connectivity index (χ1n) is 7.22. The number of amides is 1. The van der Waals surface area contributed by atoms with Gasteiger partial charge in [0.2, 0.25) is 5.91 Å². The number of nitrogens with zero attached hydrogens (tertiary/aromatic N) is 1. The zero-order chi connectivity index (χ0) is 15.8. The molecule has 0 aliphatic rings. The third-order valence-corrected chi connectivity index (χ3v) is 2.82. The number of aliphatic hydroxyl groups is 1. The molecule has 0 bridgehead atoms. The fourth-order valence-electron chi connectivity index (χ4n) is 1.99. The Bertz CT molecular complexity index is 449. The van der Waals surface area contributed by atoms with E-state index in [1.54, 1.807) is 11.9 Å². The lowest BCUT2D eigenvalue weighted by molar-refractivity contribution is -0.122. The highest BCUT2D eigenvalue weighted by Crippen LogP contribution is 2.12. The van der Waals surface area contributed by atoms with E-state index in [0.717, 1.165) is 11.3 Å². The van der Waals surface area contributed by atoms with E-state index in [4.69, 9.17) is 4.74 Å². The van der Waals surface area contributed by atoms with Gasteiger partial charge in [0.1, 0.15) is 18.5 Å². The maximum Gasteiger partial charge on any atom is 0.234 e. The monoisotopic (exact) mass is 294 g/mol. The SMILES string of the molecule is Cc1cccc(OC[C@H](O)CN(C)CC(=O)NC(C)C)c1. The number of aliphatic hydroxyl groups excluding tert-OH is 1. The van der Waals surface area contributed by atoms with Gasteiger partial charge in [-0.2, -0.15) is 0 Å². The molecule has 1 aromatic rings. The van der Waals surface area contributed by atoms with Gasteiger partial charge >= 0.3 is 0 Å². The van der Waals surface area contributed by atoms with Gasteiger partial charge in [0.15, 0.2) is 0 Å². The minimum absolute atomic E-state index is 0.0423. The molecule has 118 valence electrons. The second-order valence-electron chi connectivity index (χ2n) is 5.70. The molecule has 21 heavy (non-hydrogen) atoms. The summed E-state index contributed by atoms with van der Waals surface area (Å²) in [7, 11) is 1.80. The Morgan fingerprint density at radius 1 is 1.43 bits per heavy atom. The predicted octanol–water partition coefficient (Wildman–Crippen LogP) is 1.19. The van der Waals surface area contributed by atoms with Gasteiger partial charge in [-0.1, -0.05) is 12.1 Å². The summed E-state index contributed by atoms with van der Waals surface area (Å²) in [5, 5.41) is 12.8. The summed E-state index contributed by atoms with van der Waals surface area (Å²) in [6, 6.07) is 7.82. The van der Waals surface area contributed by atoms with E-state index >= 15 is 0 Å². The Hall–Kier alpha value is -1.59. The Morgan fingerprint density at radius 2 is 2.14 bits per heavy atom. The highest BCUT2D eigenvalue weighted by molar-refractivity contribution is 5.78. The van der Waals surface area contributed by atoms with Crippen LogP contribution in [0.1, 0.15) is 19.4 Å². The number of likely N-dealkylation sites (N-methyl/N-ethyl adjacent to an activating group) is 1. The smallest absolute Gasteiger partial charge is 0.234 e. The van der Waals surface area contributed by atoms with Crippen LogP contribution in [0.15, 0.2) is 24.3 Å². The van der Waals surface area contributed by atoms with Crippen LogP contribution in [-0.4, -0.2) is 54.8 Å². The van der Waals surface area contributed by atoms with Crippen LogP contribution in [0.2, 0.25) is 0 Å². The molecule has 1 atom stereocenters. The molecule has 5 nitrogen and oxygen atoms in total. The first-order chi connectivity index (χ1) is 9.86. The van der Waals surface area contributed by atoms with E-state index in [9.17, 15) is 9.90 Å². The quantitative estimate of drug-likeness (QED) is 0.756. The summed E-state index contributed by atoms with van der Waals surface area (Å²) >= 11 is 0. The van der Waals surface area contributed by atoms with E-state index < -0.39 is 6.10 Å². The molecule has 0 fully saturated rings. The van der Waals surface area contributed by atoms with Gasteiger partial charge in [0, 0.05) is 12.6 Å². The highest BCUT2D eigenvalue weighted by Gasteiger charge is 2.12. The number of aryl methyl sites for hydroxylation is 1. The summed E-state index contributed by atoms with van der Waals surface area (Å²) in [5.74, 6) is 0.702. The van der Waals surface area contributed by atoms with Crippen LogP contribution < -0.4 is 10.1 Å². The third-order valence-electron chi connectivity index (χ3n) is 2.82. The Kier molecular flexibility index (Phi) is 7.19. The summed E-state index contributed by atoms with van der Waals surface area (Å²) in [4.78, 5) is 13.4. The lowest BCUT2D eigenvalue weighted by atomic mass is 10.2. The molecule has 0 spiro atoms. The number of benzene rings is 1. The molecule has 1 rings (SSSR count). The predicted molar refractivity (Wildman–Crippen MR) is 83.5 cm³/mol. The van der Waals surface area contributed by atoms with Crippen molar-refractivity contribution in [3.05, 3.63) is 29.8 Å². The fourth-order valence-corrected chi connectivity index (χ4v) is 1.99. The number of carbonyl (C=O) groups excluding carboxylic acids is 1. The Balaban J connectivity index is 2.29. The van der Waals surface area contributed by atoms with E-state index in [1.165, 1.54) is 0 Å². The summed E-state index contributed by atoms with van der Waals surface area (Å²) in [6.07, 6.45) is -0.637. The molecule has 0 aromatic heterocycles. The van der Waals surface area contributed by atoms with Gasteiger partial charge in [0.05, 0.1) is 6.54 Å². The zero-order valence-electron chi connectivity index (χ0n) is 13.3. The average molecular weight is 294 g/mol. The Labute approximate surface area is 126 Å². The van der Waals surface area contributed by atoms with E-state index in [2.05, 4.69) is 5.32 Å². The molecular formula is C16H26N2O3. The highest BCUT2D eigenvalue weighted by atomic mass is 16.5. The molecule has 0 unspecified atom stereocenters. The van der Waals surface area contributed by atoms with Crippen molar-refractivity contribution in [2.75, 3.05) is 26.7 Å². The molecule has 1 aromatic carbocycles. The third kappa shape index (κ3) is 7.68. The number of nitrogens with one attached hydrogen (secondary N) is 1.